The molecule has 0 aliphatic rings. The van der Waals surface area contributed by atoms with Gasteiger partial charge in [-0.15, -0.1) is 0 Å². The lowest BCUT2D eigenvalue weighted by atomic mass is 9.98. The summed E-state index contributed by atoms with van der Waals surface area (Å²) in [6.07, 6.45) is 0. The molecule has 0 heterocycles. The first-order chi connectivity index (χ1) is 9.69. The van der Waals surface area contributed by atoms with Gasteiger partial charge in [0.2, 0.25) is 0 Å². The molecule has 0 saturated heterocycles. The third-order valence-electron chi connectivity index (χ3n) is 2.98. The Morgan fingerprint density at radius 3 is 2.65 bits per heavy atom. The highest BCUT2D eigenvalue weighted by atomic mass is 35.5. The van der Waals surface area contributed by atoms with Gasteiger partial charge in [0.15, 0.2) is 0 Å². The van der Waals surface area contributed by atoms with Gasteiger partial charge in [-0.1, -0.05) is 35.9 Å². The predicted molar refractivity (Wildman–Crippen MR) is 78.2 cm³/mol. The van der Waals surface area contributed by atoms with E-state index in [2.05, 4.69) is 5.43 Å². The summed E-state index contributed by atoms with van der Waals surface area (Å²) in [6, 6.07) is 11.3. The van der Waals surface area contributed by atoms with Crippen LogP contribution in [0.5, 0.6) is 5.75 Å². The number of ether oxygens (including phenoxy) is 1. The molecule has 106 valence electrons. The van der Waals surface area contributed by atoms with Gasteiger partial charge in [-0.25, -0.2) is 9.82 Å². The van der Waals surface area contributed by atoms with Crippen LogP contribution in [-0.2, 0) is 0 Å². The van der Waals surface area contributed by atoms with E-state index in [1.165, 1.54) is 6.07 Å². The summed E-state index contributed by atoms with van der Waals surface area (Å²) in [5.74, 6) is 5.85. The van der Waals surface area contributed by atoms with Crippen molar-refractivity contribution in [3.63, 3.8) is 0 Å². The van der Waals surface area contributed by atoms with Crippen molar-refractivity contribution in [2.24, 2.45) is 5.84 Å². The molecule has 0 aromatic heterocycles. The third-order valence-corrected chi connectivity index (χ3v) is 3.31. The Morgan fingerprint density at radius 1 is 1.25 bits per heavy atom. The summed E-state index contributed by atoms with van der Waals surface area (Å²) in [5, 5.41) is 0.319. The molecule has 0 amide bonds. The van der Waals surface area contributed by atoms with E-state index in [1.54, 1.807) is 12.1 Å². The van der Waals surface area contributed by atoms with Crippen molar-refractivity contribution in [1.29, 1.82) is 0 Å². The van der Waals surface area contributed by atoms with Gasteiger partial charge in [-0.05, 0) is 25.1 Å². The number of hydrogen-bond donors (Lipinski definition) is 2. The first-order valence-electron chi connectivity index (χ1n) is 6.30. The predicted octanol–water partition coefficient (Wildman–Crippen LogP) is 3.43. The lowest BCUT2D eigenvalue weighted by molar-refractivity contribution is 0.333. The Bertz CT molecular complexity index is 572. The Hall–Kier alpha value is -1.62. The van der Waals surface area contributed by atoms with Crippen LogP contribution in [0.2, 0.25) is 5.02 Å². The Balaban J connectivity index is 2.53. The van der Waals surface area contributed by atoms with Gasteiger partial charge in [-0.2, -0.15) is 0 Å². The zero-order valence-corrected chi connectivity index (χ0v) is 11.8. The summed E-state index contributed by atoms with van der Waals surface area (Å²) >= 11 is 6.11. The number of nitrogens with one attached hydrogen (secondary N) is 1. The van der Waals surface area contributed by atoms with E-state index in [9.17, 15) is 4.39 Å². The van der Waals surface area contributed by atoms with Gasteiger partial charge in [0, 0.05) is 16.1 Å². The van der Waals surface area contributed by atoms with Gasteiger partial charge >= 0.3 is 0 Å². The molecule has 20 heavy (non-hydrogen) atoms. The minimum atomic E-state index is -0.577. The molecule has 0 fully saturated rings. The second kappa shape index (κ2) is 6.70. The van der Waals surface area contributed by atoms with Crippen LogP contribution in [0.1, 0.15) is 24.1 Å². The fourth-order valence-electron chi connectivity index (χ4n) is 2.12. The highest BCUT2D eigenvalue weighted by Gasteiger charge is 2.22. The lowest BCUT2D eigenvalue weighted by Gasteiger charge is -2.21. The van der Waals surface area contributed by atoms with Gasteiger partial charge in [0.1, 0.15) is 11.6 Å². The number of para-hydroxylation sites is 1. The largest absolute Gasteiger partial charge is 0.494 e. The van der Waals surface area contributed by atoms with E-state index in [1.807, 2.05) is 31.2 Å². The molecule has 0 radical (unpaired) electrons. The molecule has 5 heteroatoms. The number of hydrogen-bond acceptors (Lipinski definition) is 3. The van der Waals surface area contributed by atoms with Crippen molar-refractivity contribution in [2.45, 2.75) is 13.0 Å². The van der Waals surface area contributed by atoms with Crippen LogP contribution in [-0.4, -0.2) is 6.61 Å². The lowest BCUT2D eigenvalue weighted by Crippen LogP contribution is -2.30. The zero-order chi connectivity index (χ0) is 14.5. The highest BCUT2D eigenvalue weighted by molar-refractivity contribution is 6.31. The minimum absolute atomic E-state index is 0.309. The van der Waals surface area contributed by atoms with Crippen molar-refractivity contribution in [3.8, 4) is 5.75 Å². The van der Waals surface area contributed by atoms with E-state index in [4.69, 9.17) is 22.2 Å². The molecule has 1 unspecified atom stereocenters. The number of benzene rings is 2. The molecular weight excluding hydrogens is 279 g/mol. The molecule has 0 bridgehead atoms. The average molecular weight is 295 g/mol. The third kappa shape index (κ3) is 2.93. The van der Waals surface area contributed by atoms with Crippen LogP contribution < -0.4 is 16.0 Å². The first kappa shape index (κ1) is 14.8. The van der Waals surface area contributed by atoms with E-state index < -0.39 is 11.9 Å². The second-order valence-corrected chi connectivity index (χ2v) is 4.61. The highest BCUT2D eigenvalue weighted by Crippen LogP contribution is 2.34. The molecular formula is C15H16ClFN2O. The molecule has 3 N–H and O–H groups in total. The smallest absolute Gasteiger partial charge is 0.129 e. The maximum absolute atomic E-state index is 14.1. The van der Waals surface area contributed by atoms with E-state index in [0.717, 1.165) is 5.56 Å². The first-order valence-corrected chi connectivity index (χ1v) is 6.68. The standard InChI is InChI=1S/C15H16ClFN2O/c1-2-20-13-9-4-3-6-10(13)15(19-18)14-11(16)7-5-8-12(14)17/h3-9,15,19H,2,18H2,1H3. The van der Waals surface area contributed by atoms with Crippen molar-refractivity contribution in [1.82, 2.24) is 5.43 Å². The monoisotopic (exact) mass is 294 g/mol. The van der Waals surface area contributed by atoms with E-state index in [0.29, 0.717) is 22.9 Å². The van der Waals surface area contributed by atoms with Crippen LogP contribution >= 0.6 is 11.6 Å². The molecule has 2 aromatic carbocycles. The summed E-state index contributed by atoms with van der Waals surface area (Å²) in [6.45, 7) is 2.40. The van der Waals surface area contributed by atoms with Crippen LogP contribution in [0.25, 0.3) is 0 Å². The molecule has 1 atom stereocenters. The average Bonchev–Trinajstić information content (AvgIpc) is 2.44. The number of rotatable bonds is 5. The molecule has 3 nitrogen and oxygen atoms in total. The maximum atomic E-state index is 14.1. The molecule has 0 aliphatic heterocycles. The van der Waals surface area contributed by atoms with E-state index >= 15 is 0 Å². The SMILES string of the molecule is CCOc1ccccc1C(NN)c1c(F)cccc1Cl. The van der Waals surface area contributed by atoms with Crippen molar-refractivity contribution in [2.75, 3.05) is 6.61 Å². The Kier molecular flexibility index (Phi) is 4.95. The molecule has 0 aliphatic carbocycles. The van der Waals surface area contributed by atoms with Crippen LogP contribution in [0, 0.1) is 5.82 Å². The maximum Gasteiger partial charge on any atom is 0.129 e. The summed E-state index contributed by atoms with van der Waals surface area (Å²) < 4.78 is 19.6. The second-order valence-electron chi connectivity index (χ2n) is 4.21. The van der Waals surface area contributed by atoms with Gasteiger partial charge in [-0.3, -0.25) is 5.84 Å². The molecule has 0 saturated carbocycles. The Labute approximate surface area is 122 Å². The van der Waals surface area contributed by atoms with E-state index in [-0.39, 0.29) is 0 Å². The van der Waals surface area contributed by atoms with Crippen molar-refractivity contribution < 1.29 is 9.13 Å². The van der Waals surface area contributed by atoms with Crippen molar-refractivity contribution >= 4 is 11.6 Å². The minimum Gasteiger partial charge on any atom is -0.494 e. The molecule has 2 rings (SSSR count). The van der Waals surface area contributed by atoms with Gasteiger partial charge in [0.25, 0.3) is 0 Å². The number of nitrogens with two attached hydrogens (primary N) is 1. The van der Waals surface area contributed by atoms with Crippen LogP contribution in [0.15, 0.2) is 42.5 Å². The zero-order valence-electron chi connectivity index (χ0n) is 11.1. The summed E-state index contributed by atoms with van der Waals surface area (Å²) in [4.78, 5) is 0. The topological polar surface area (TPSA) is 47.3 Å². The Morgan fingerprint density at radius 2 is 2.00 bits per heavy atom. The summed E-state index contributed by atoms with van der Waals surface area (Å²) in [7, 11) is 0. The summed E-state index contributed by atoms with van der Waals surface area (Å²) in [5.41, 5.74) is 3.66. The van der Waals surface area contributed by atoms with Gasteiger partial charge < -0.3 is 4.74 Å². The quantitative estimate of drug-likeness (QED) is 0.656. The van der Waals surface area contributed by atoms with Crippen LogP contribution in [0.4, 0.5) is 4.39 Å². The molecule has 2 aromatic rings. The van der Waals surface area contributed by atoms with Crippen molar-refractivity contribution in [3.05, 3.63) is 64.4 Å². The normalized spacial score (nSPS) is 12.2. The van der Waals surface area contributed by atoms with Crippen LogP contribution in [0.3, 0.4) is 0 Å². The molecule has 0 spiro atoms. The fourth-order valence-corrected chi connectivity index (χ4v) is 2.39. The number of hydrazine groups is 1. The number of halogens is 2. The van der Waals surface area contributed by atoms with Gasteiger partial charge in [0.05, 0.1) is 12.6 Å². The fraction of sp³-hybridized carbons (Fsp3) is 0.200.